The molecule has 0 saturated carbocycles. The van der Waals surface area contributed by atoms with Crippen molar-refractivity contribution >= 4 is 16.8 Å². The van der Waals surface area contributed by atoms with Crippen molar-refractivity contribution in [3.8, 4) is 0 Å². The van der Waals surface area contributed by atoms with Gasteiger partial charge >= 0.3 is 0 Å². The van der Waals surface area contributed by atoms with E-state index in [4.69, 9.17) is 0 Å². The van der Waals surface area contributed by atoms with Gasteiger partial charge in [-0.3, -0.25) is 9.20 Å². The van der Waals surface area contributed by atoms with Crippen LogP contribution in [0, 0.1) is 0 Å². The maximum absolute atomic E-state index is 12.0. The molecule has 0 heterocycles. The smallest absolute Gasteiger partial charge is 0.191 e. The molecule has 20 heavy (non-hydrogen) atoms. The molecule has 0 radical (unpaired) electrons. The van der Waals surface area contributed by atoms with E-state index in [0.29, 0.717) is 18.1 Å². The van der Waals surface area contributed by atoms with Crippen LogP contribution in [0.5, 0.6) is 0 Å². The summed E-state index contributed by atoms with van der Waals surface area (Å²) in [7, 11) is 0.880. The minimum atomic E-state index is -0.858. The lowest BCUT2D eigenvalue weighted by molar-refractivity contribution is 0.502. The van der Waals surface area contributed by atoms with Crippen LogP contribution in [0.4, 0.5) is 0 Å². The largest absolute Gasteiger partial charge is 0.355 e. The summed E-state index contributed by atoms with van der Waals surface area (Å²) in [5.74, 6) is 1.96. The van der Waals surface area contributed by atoms with Gasteiger partial charge < -0.3 is 10.6 Å². The van der Waals surface area contributed by atoms with Crippen LogP contribution in [0.2, 0.25) is 0 Å². The van der Waals surface area contributed by atoms with Crippen LogP contribution in [-0.2, 0) is 16.6 Å². The Morgan fingerprint density at radius 2 is 1.90 bits per heavy atom. The Bertz CT molecular complexity index is 452. The highest BCUT2D eigenvalue weighted by molar-refractivity contribution is 7.84. The highest BCUT2D eigenvalue weighted by atomic mass is 32.2. The zero-order valence-corrected chi connectivity index (χ0v) is 13.6. The van der Waals surface area contributed by atoms with Crippen LogP contribution < -0.4 is 10.6 Å². The molecule has 4 nitrogen and oxygen atoms in total. The molecule has 112 valence electrons. The predicted molar refractivity (Wildman–Crippen MR) is 87.4 cm³/mol. The Labute approximate surface area is 124 Å². The number of nitrogens with zero attached hydrogens (tertiary/aromatic N) is 1. The first-order chi connectivity index (χ1) is 9.40. The molecule has 5 heteroatoms. The van der Waals surface area contributed by atoms with Gasteiger partial charge in [0.05, 0.1) is 0 Å². The van der Waals surface area contributed by atoms with Gasteiger partial charge in [0.25, 0.3) is 0 Å². The number of guanidine groups is 1. The topological polar surface area (TPSA) is 53.5 Å². The summed E-state index contributed by atoms with van der Waals surface area (Å²) >= 11 is 0. The molecule has 1 aromatic rings. The summed E-state index contributed by atoms with van der Waals surface area (Å²) in [5.41, 5.74) is 1.08. The van der Waals surface area contributed by atoms with E-state index in [-0.39, 0.29) is 5.54 Å². The maximum atomic E-state index is 12.0. The molecule has 0 aromatic heterocycles. The van der Waals surface area contributed by atoms with Gasteiger partial charge in [-0.15, -0.1) is 0 Å². The Balaban J connectivity index is 2.31. The lowest BCUT2D eigenvalue weighted by Crippen LogP contribution is -2.48. The molecule has 1 aromatic carbocycles. The second kappa shape index (κ2) is 8.04. The molecular weight excluding hydrogens is 270 g/mol. The predicted octanol–water partition coefficient (Wildman–Crippen LogP) is 1.90. The van der Waals surface area contributed by atoms with Gasteiger partial charge in [-0.25, -0.2) is 0 Å². The monoisotopic (exact) mass is 295 g/mol. The molecule has 0 aliphatic rings. The highest BCUT2D eigenvalue weighted by Crippen LogP contribution is 2.02. The van der Waals surface area contributed by atoms with Gasteiger partial charge in [0.15, 0.2) is 5.96 Å². The van der Waals surface area contributed by atoms with Crippen LogP contribution in [0.15, 0.2) is 35.3 Å². The summed E-state index contributed by atoms with van der Waals surface area (Å²) in [6.07, 6.45) is 0. The molecule has 1 atom stereocenters. The Hall–Kier alpha value is -1.36. The van der Waals surface area contributed by atoms with Gasteiger partial charge in [0.2, 0.25) is 0 Å². The van der Waals surface area contributed by atoms with Crippen LogP contribution in [0.1, 0.15) is 26.3 Å². The Kier molecular flexibility index (Phi) is 6.71. The molecule has 0 spiro atoms. The number of benzene rings is 1. The minimum absolute atomic E-state index is 0.0367. The lowest BCUT2D eigenvalue weighted by atomic mass is 10.1. The van der Waals surface area contributed by atoms with Crippen molar-refractivity contribution in [1.29, 1.82) is 0 Å². The molecule has 0 fully saturated rings. The summed E-state index contributed by atoms with van der Waals surface area (Å²) in [4.78, 5) is 4.15. The summed E-state index contributed by atoms with van der Waals surface area (Å²) in [5, 5.41) is 6.46. The van der Waals surface area contributed by atoms with E-state index in [0.717, 1.165) is 11.5 Å². The summed E-state index contributed by atoms with van der Waals surface area (Å²) in [6.45, 7) is 6.88. The van der Waals surface area contributed by atoms with E-state index in [1.165, 1.54) is 0 Å². The third-order valence-electron chi connectivity index (χ3n) is 2.51. The maximum Gasteiger partial charge on any atom is 0.191 e. The zero-order chi connectivity index (χ0) is 15.0. The first-order valence-electron chi connectivity index (χ1n) is 6.78. The van der Waals surface area contributed by atoms with E-state index in [2.05, 4.69) is 36.4 Å². The average Bonchev–Trinajstić information content (AvgIpc) is 2.37. The van der Waals surface area contributed by atoms with Crippen molar-refractivity contribution in [2.24, 2.45) is 4.99 Å². The fourth-order valence-corrected chi connectivity index (χ4v) is 2.69. The fraction of sp³-hybridized carbons (Fsp3) is 0.533. The van der Waals surface area contributed by atoms with Crippen molar-refractivity contribution in [2.75, 3.05) is 19.3 Å². The van der Waals surface area contributed by atoms with E-state index < -0.39 is 10.8 Å². The number of rotatable bonds is 5. The lowest BCUT2D eigenvalue weighted by Gasteiger charge is -2.23. The second-order valence-corrected chi connectivity index (χ2v) is 7.22. The summed E-state index contributed by atoms with van der Waals surface area (Å²) in [6, 6.07) is 9.92. The number of nitrogens with one attached hydrogen (secondary N) is 2. The molecular formula is C15H25N3OS. The third kappa shape index (κ3) is 7.28. The van der Waals surface area contributed by atoms with E-state index in [1.54, 1.807) is 7.05 Å². The normalized spacial score (nSPS) is 13.9. The molecule has 0 bridgehead atoms. The van der Waals surface area contributed by atoms with Crippen molar-refractivity contribution in [3.63, 3.8) is 0 Å². The second-order valence-electron chi connectivity index (χ2n) is 5.65. The first-order valence-corrected chi connectivity index (χ1v) is 8.27. The number of hydrogen-bond donors (Lipinski definition) is 2. The van der Waals surface area contributed by atoms with Gasteiger partial charge in [-0.1, -0.05) is 30.3 Å². The minimum Gasteiger partial charge on any atom is -0.355 e. The van der Waals surface area contributed by atoms with Crippen LogP contribution in [0.25, 0.3) is 0 Å². The van der Waals surface area contributed by atoms with Crippen LogP contribution in [-0.4, -0.2) is 35.1 Å². The van der Waals surface area contributed by atoms with Gasteiger partial charge in [0.1, 0.15) is 0 Å². The van der Waals surface area contributed by atoms with Crippen molar-refractivity contribution in [2.45, 2.75) is 32.1 Å². The van der Waals surface area contributed by atoms with Crippen LogP contribution in [0.3, 0.4) is 0 Å². The molecule has 1 unspecified atom stereocenters. The summed E-state index contributed by atoms with van der Waals surface area (Å²) < 4.78 is 12.0. The van der Waals surface area contributed by atoms with Gasteiger partial charge in [-0.05, 0) is 26.3 Å². The fourth-order valence-electron chi connectivity index (χ4n) is 1.65. The Morgan fingerprint density at radius 3 is 2.45 bits per heavy atom. The average molecular weight is 295 g/mol. The molecule has 0 saturated heterocycles. The SMILES string of the molecule is CN=C(NCCS(=O)Cc1ccccc1)NC(C)(C)C. The van der Waals surface area contributed by atoms with Gasteiger partial charge in [-0.2, -0.15) is 0 Å². The highest BCUT2D eigenvalue weighted by Gasteiger charge is 2.11. The van der Waals surface area contributed by atoms with E-state index in [1.807, 2.05) is 30.3 Å². The molecule has 2 N–H and O–H groups in total. The van der Waals surface area contributed by atoms with E-state index >= 15 is 0 Å². The van der Waals surface area contributed by atoms with Crippen molar-refractivity contribution in [1.82, 2.24) is 10.6 Å². The first kappa shape index (κ1) is 16.7. The third-order valence-corrected chi connectivity index (χ3v) is 3.82. The zero-order valence-electron chi connectivity index (χ0n) is 12.8. The number of aliphatic imine (C=N–C) groups is 1. The molecule has 0 amide bonds. The van der Waals surface area contributed by atoms with Gasteiger partial charge in [0, 0.05) is 41.4 Å². The van der Waals surface area contributed by atoms with Crippen molar-refractivity contribution < 1.29 is 4.21 Å². The number of hydrogen-bond acceptors (Lipinski definition) is 2. The Morgan fingerprint density at radius 1 is 1.25 bits per heavy atom. The standard InChI is InChI=1S/C15H25N3OS/c1-15(2,3)18-14(16-4)17-10-11-20(19)12-13-8-6-5-7-9-13/h5-9H,10-12H2,1-4H3,(H2,16,17,18). The molecule has 0 aliphatic heterocycles. The quantitative estimate of drug-likeness (QED) is 0.644. The molecule has 1 rings (SSSR count). The molecule has 0 aliphatic carbocycles. The van der Waals surface area contributed by atoms with E-state index in [9.17, 15) is 4.21 Å². The van der Waals surface area contributed by atoms with Crippen molar-refractivity contribution in [3.05, 3.63) is 35.9 Å². The van der Waals surface area contributed by atoms with Crippen LogP contribution >= 0.6 is 0 Å².